The van der Waals surface area contributed by atoms with E-state index >= 15 is 0 Å². The lowest BCUT2D eigenvalue weighted by Gasteiger charge is -2.37. The maximum absolute atomic E-state index is 5.31. The Labute approximate surface area is 123 Å². The van der Waals surface area contributed by atoms with Gasteiger partial charge in [-0.05, 0) is 20.3 Å². The molecule has 0 unspecified atom stereocenters. The maximum atomic E-state index is 5.31. The lowest BCUT2D eigenvalue weighted by molar-refractivity contribution is 0.124. The van der Waals surface area contributed by atoms with Crippen LogP contribution in [0.15, 0.2) is 9.98 Å². The minimum atomic E-state index is 0.0672. The van der Waals surface area contributed by atoms with E-state index in [1.165, 1.54) is 0 Å². The molecule has 20 heavy (non-hydrogen) atoms. The summed E-state index contributed by atoms with van der Waals surface area (Å²) in [6.07, 6.45) is 1.02. The number of hydrogen-bond acceptors (Lipinski definition) is 3. The molecule has 0 amide bonds. The molecule has 0 spiro atoms. The molecule has 0 aromatic rings. The quantitative estimate of drug-likeness (QED) is 0.370. The maximum Gasteiger partial charge on any atom is 0.185 e. The Bertz CT molecular complexity index is 267. The predicted molar refractivity (Wildman–Crippen MR) is 88.6 cm³/mol. The molecule has 0 fully saturated rings. The van der Waals surface area contributed by atoms with Gasteiger partial charge in [0.05, 0.1) is 13.1 Å². The smallest absolute Gasteiger partial charge is 0.185 e. The number of hydrogen-bond donors (Lipinski definition) is 4. The molecule has 0 saturated carbocycles. The van der Waals surface area contributed by atoms with Gasteiger partial charge in [-0.2, -0.15) is 0 Å². The molecular weight excluding hydrogens is 254 g/mol. The number of rotatable bonds is 8. The molecular formula is C13H33N7. The van der Waals surface area contributed by atoms with Gasteiger partial charge in [-0.15, -0.1) is 0 Å². The summed E-state index contributed by atoms with van der Waals surface area (Å²) in [6, 6.07) is 0. The van der Waals surface area contributed by atoms with E-state index in [0.29, 0.717) is 13.1 Å². The van der Waals surface area contributed by atoms with Crippen LogP contribution in [0.3, 0.4) is 0 Å². The first-order valence-electron chi connectivity index (χ1n) is 7.15. The monoisotopic (exact) mass is 287 g/mol. The zero-order chi connectivity index (χ0) is 16.2. The van der Waals surface area contributed by atoms with Crippen LogP contribution in [0.1, 0.15) is 41.0 Å². The van der Waals surface area contributed by atoms with Crippen molar-refractivity contribution in [1.29, 1.82) is 0 Å². The average Bonchev–Trinajstić information content (AvgIpc) is 2.38. The van der Waals surface area contributed by atoms with Crippen molar-refractivity contribution in [3.8, 4) is 0 Å². The molecule has 0 aliphatic carbocycles. The summed E-state index contributed by atoms with van der Waals surface area (Å²) >= 11 is 0. The van der Waals surface area contributed by atoms with Crippen LogP contribution >= 0.6 is 0 Å². The molecule has 0 aliphatic heterocycles. The highest BCUT2D eigenvalue weighted by atomic mass is 15.2. The van der Waals surface area contributed by atoms with Crippen LogP contribution in [-0.4, -0.2) is 48.5 Å². The molecule has 0 radical (unpaired) electrons. The number of nitrogens with two attached hydrogens (primary N) is 4. The first kappa shape index (κ1) is 20.8. The van der Waals surface area contributed by atoms with Crippen LogP contribution in [0.2, 0.25) is 0 Å². The van der Waals surface area contributed by atoms with Crippen LogP contribution in [0.4, 0.5) is 0 Å². The Hall–Kier alpha value is -1.50. The molecule has 0 aromatic carbocycles. The van der Waals surface area contributed by atoms with Crippen LogP contribution < -0.4 is 22.9 Å². The predicted octanol–water partition coefficient (Wildman–Crippen LogP) is 0.0500. The zero-order valence-electron chi connectivity index (χ0n) is 13.7. The highest BCUT2D eigenvalue weighted by Crippen LogP contribution is 2.17. The number of nitrogens with zero attached hydrogens (tertiary/aromatic N) is 3. The van der Waals surface area contributed by atoms with Gasteiger partial charge in [0, 0.05) is 18.6 Å². The van der Waals surface area contributed by atoms with Crippen LogP contribution in [0, 0.1) is 0 Å². The molecule has 0 atom stereocenters. The second-order valence-electron chi connectivity index (χ2n) is 4.77. The van der Waals surface area contributed by atoms with Crippen LogP contribution in [0.25, 0.3) is 0 Å². The molecule has 7 heteroatoms. The molecule has 0 rings (SSSR count). The van der Waals surface area contributed by atoms with E-state index in [4.69, 9.17) is 22.9 Å². The van der Waals surface area contributed by atoms with Crippen molar-refractivity contribution in [3.05, 3.63) is 0 Å². The summed E-state index contributed by atoms with van der Waals surface area (Å²) in [6.45, 7) is 13.2. The zero-order valence-corrected chi connectivity index (χ0v) is 13.7. The van der Waals surface area contributed by atoms with E-state index in [2.05, 4.69) is 35.7 Å². The van der Waals surface area contributed by atoms with Gasteiger partial charge in [0.15, 0.2) is 11.9 Å². The Morgan fingerprint density at radius 3 is 1.50 bits per heavy atom. The fourth-order valence-electron chi connectivity index (χ4n) is 1.54. The second kappa shape index (κ2) is 11.3. The molecule has 0 heterocycles. The van der Waals surface area contributed by atoms with Crippen molar-refractivity contribution in [3.63, 3.8) is 0 Å². The molecule has 120 valence electrons. The van der Waals surface area contributed by atoms with Crippen molar-refractivity contribution in [2.24, 2.45) is 32.9 Å². The Morgan fingerprint density at radius 1 is 0.900 bits per heavy atom. The SMILES string of the molecule is CC.CCC(C)(C)N(CCN=C(N)N)CCN=C(N)N. The van der Waals surface area contributed by atoms with Gasteiger partial charge in [0.2, 0.25) is 0 Å². The molecule has 0 saturated heterocycles. The van der Waals surface area contributed by atoms with Gasteiger partial charge in [-0.3, -0.25) is 14.9 Å². The van der Waals surface area contributed by atoms with Crippen molar-refractivity contribution in [1.82, 2.24) is 4.90 Å². The van der Waals surface area contributed by atoms with Gasteiger partial charge in [-0.1, -0.05) is 20.8 Å². The van der Waals surface area contributed by atoms with Crippen molar-refractivity contribution in [2.45, 2.75) is 46.6 Å². The van der Waals surface area contributed by atoms with E-state index in [1.807, 2.05) is 13.8 Å². The second-order valence-corrected chi connectivity index (χ2v) is 4.77. The fourth-order valence-corrected chi connectivity index (χ4v) is 1.54. The number of guanidine groups is 2. The summed E-state index contributed by atoms with van der Waals surface area (Å²) in [5.41, 5.74) is 21.3. The van der Waals surface area contributed by atoms with Crippen LogP contribution in [-0.2, 0) is 0 Å². The van der Waals surface area contributed by atoms with Crippen molar-refractivity contribution < 1.29 is 0 Å². The molecule has 7 nitrogen and oxygen atoms in total. The van der Waals surface area contributed by atoms with Crippen LogP contribution in [0.5, 0.6) is 0 Å². The third-order valence-corrected chi connectivity index (χ3v) is 3.05. The average molecular weight is 287 g/mol. The lowest BCUT2D eigenvalue weighted by Crippen LogP contribution is -2.46. The topological polar surface area (TPSA) is 132 Å². The molecule has 0 aliphatic rings. The van der Waals surface area contributed by atoms with E-state index in [-0.39, 0.29) is 17.5 Å². The van der Waals surface area contributed by atoms with Crippen molar-refractivity contribution in [2.75, 3.05) is 26.2 Å². The van der Waals surface area contributed by atoms with E-state index in [1.54, 1.807) is 0 Å². The van der Waals surface area contributed by atoms with Gasteiger partial charge in [0.1, 0.15) is 0 Å². The molecule has 0 aromatic heterocycles. The largest absolute Gasteiger partial charge is 0.370 e. The summed E-state index contributed by atoms with van der Waals surface area (Å²) < 4.78 is 0. The standard InChI is InChI=1S/C11H27N7.C2H6/c1-4-11(2,3)18(7-5-16-9(12)13)8-6-17-10(14)15;1-2/h4-8H2,1-3H3,(H4,12,13,16)(H4,14,15,17);1-2H3. The van der Waals surface area contributed by atoms with Crippen molar-refractivity contribution >= 4 is 11.9 Å². The Morgan fingerprint density at radius 2 is 1.25 bits per heavy atom. The molecule has 0 bridgehead atoms. The number of aliphatic imine (C=N–C) groups is 2. The first-order valence-corrected chi connectivity index (χ1v) is 7.15. The molecule has 8 N–H and O–H groups in total. The lowest BCUT2D eigenvalue weighted by atomic mass is 9.99. The van der Waals surface area contributed by atoms with E-state index < -0.39 is 0 Å². The third-order valence-electron chi connectivity index (χ3n) is 3.05. The third kappa shape index (κ3) is 10.4. The Balaban J connectivity index is 0. The van der Waals surface area contributed by atoms with Gasteiger partial charge >= 0.3 is 0 Å². The first-order chi connectivity index (χ1) is 9.29. The minimum absolute atomic E-state index is 0.0672. The van der Waals surface area contributed by atoms with Gasteiger partial charge in [-0.25, -0.2) is 0 Å². The van der Waals surface area contributed by atoms with E-state index in [0.717, 1.165) is 19.5 Å². The highest BCUT2D eigenvalue weighted by Gasteiger charge is 2.23. The van der Waals surface area contributed by atoms with Gasteiger partial charge in [0.25, 0.3) is 0 Å². The van der Waals surface area contributed by atoms with E-state index in [9.17, 15) is 0 Å². The van der Waals surface area contributed by atoms with Gasteiger partial charge < -0.3 is 22.9 Å². The normalized spacial score (nSPS) is 10.5. The summed E-state index contributed by atoms with van der Waals surface area (Å²) in [5, 5.41) is 0. The Kier molecular flexibility index (Phi) is 11.8. The summed E-state index contributed by atoms with van der Waals surface area (Å²) in [7, 11) is 0. The minimum Gasteiger partial charge on any atom is -0.370 e. The fraction of sp³-hybridized carbons (Fsp3) is 0.846. The summed E-state index contributed by atoms with van der Waals surface area (Å²) in [4.78, 5) is 10.3. The summed E-state index contributed by atoms with van der Waals surface area (Å²) in [5.74, 6) is 0.238. The highest BCUT2D eigenvalue weighted by molar-refractivity contribution is 5.75.